The van der Waals surface area contributed by atoms with Gasteiger partial charge in [-0.2, -0.15) is 0 Å². The molecule has 1 amide bonds. The van der Waals surface area contributed by atoms with Crippen molar-refractivity contribution in [3.05, 3.63) is 65.3 Å². The van der Waals surface area contributed by atoms with Gasteiger partial charge in [0.25, 0.3) is 5.91 Å². The number of thiazole rings is 1. The third-order valence-corrected chi connectivity index (χ3v) is 4.61. The zero-order valence-electron chi connectivity index (χ0n) is 13.4. The van der Waals surface area contributed by atoms with E-state index in [-0.39, 0.29) is 5.91 Å². The Balaban J connectivity index is 1.48. The molecule has 0 aliphatic carbocycles. The average Bonchev–Trinajstić information content (AvgIpc) is 3.26. The van der Waals surface area contributed by atoms with Crippen LogP contribution in [0, 0.1) is 6.92 Å². The molecule has 0 fully saturated rings. The number of rotatable bonds is 4. The summed E-state index contributed by atoms with van der Waals surface area (Å²) in [6.45, 7) is 2.21. The van der Waals surface area contributed by atoms with E-state index in [0.717, 1.165) is 22.0 Å². The van der Waals surface area contributed by atoms with Crippen molar-refractivity contribution >= 4 is 22.9 Å². The number of imidazole rings is 1. The zero-order valence-corrected chi connectivity index (χ0v) is 14.2. The van der Waals surface area contributed by atoms with Crippen molar-refractivity contribution in [3.8, 4) is 10.8 Å². The van der Waals surface area contributed by atoms with Crippen molar-refractivity contribution in [2.45, 2.75) is 13.5 Å². The Morgan fingerprint density at radius 3 is 2.84 bits per heavy atom. The quantitative estimate of drug-likeness (QED) is 0.611. The topological polar surface area (TPSA) is 85.1 Å². The summed E-state index contributed by atoms with van der Waals surface area (Å²) in [7, 11) is 0. The van der Waals surface area contributed by atoms with Crippen LogP contribution in [0.4, 0.5) is 0 Å². The minimum Gasteiger partial charge on any atom is -0.345 e. The zero-order chi connectivity index (χ0) is 17.2. The van der Waals surface area contributed by atoms with Crippen LogP contribution in [-0.2, 0) is 6.54 Å². The van der Waals surface area contributed by atoms with Gasteiger partial charge in [0, 0.05) is 24.0 Å². The van der Waals surface area contributed by atoms with Gasteiger partial charge >= 0.3 is 0 Å². The van der Waals surface area contributed by atoms with Gasteiger partial charge in [0.1, 0.15) is 11.3 Å². The average molecular weight is 350 g/mol. The first-order valence-electron chi connectivity index (χ1n) is 7.66. The number of nitrogens with one attached hydrogen (secondary N) is 1. The lowest BCUT2D eigenvalue weighted by Crippen LogP contribution is -2.24. The standard InChI is InChI=1S/C17H14N6OS/c1-11-14(22-13-5-2-3-8-23(11)13)16(24)20-9-12-10-25-17(21-12)15-18-6-4-7-19-15/h2-8,10H,9H2,1H3,(H,20,24). The molecule has 0 unspecified atom stereocenters. The molecule has 0 aliphatic heterocycles. The van der Waals surface area contributed by atoms with Gasteiger partial charge in [-0.3, -0.25) is 4.79 Å². The maximum atomic E-state index is 12.4. The van der Waals surface area contributed by atoms with Gasteiger partial charge in [-0.05, 0) is 25.1 Å². The lowest BCUT2D eigenvalue weighted by molar-refractivity contribution is 0.0945. The summed E-state index contributed by atoms with van der Waals surface area (Å²) in [5.41, 5.74) is 2.75. The maximum absolute atomic E-state index is 12.4. The highest BCUT2D eigenvalue weighted by Crippen LogP contribution is 2.19. The molecule has 25 heavy (non-hydrogen) atoms. The molecule has 0 radical (unpaired) electrons. The molecule has 4 heterocycles. The van der Waals surface area contributed by atoms with Crippen LogP contribution < -0.4 is 5.32 Å². The van der Waals surface area contributed by atoms with Gasteiger partial charge in [-0.1, -0.05) is 6.07 Å². The van der Waals surface area contributed by atoms with Crippen molar-refractivity contribution in [1.29, 1.82) is 0 Å². The van der Waals surface area contributed by atoms with E-state index in [4.69, 9.17) is 0 Å². The third-order valence-electron chi connectivity index (χ3n) is 3.72. The van der Waals surface area contributed by atoms with E-state index >= 15 is 0 Å². The summed E-state index contributed by atoms with van der Waals surface area (Å²) < 4.78 is 1.89. The molecule has 124 valence electrons. The first-order valence-corrected chi connectivity index (χ1v) is 8.54. The van der Waals surface area contributed by atoms with Crippen LogP contribution in [0.5, 0.6) is 0 Å². The summed E-state index contributed by atoms with van der Waals surface area (Å²) in [6.07, 6.45) is 5.25. The second kappa shape index (κ2) is 6.40. The summed E-state index contributed by atoms with van der Waals surface area (Å²) in [5, 5.41) is 5.49. The Hall–Kier alpha value is -3.13. The largest absolute Gasteiger partial charge is 0.345 e. The molecular formula is C17H14N6OS. The van der Waals surface area contributed by atoms with Crippen LogP contribution in [0.1, 0.15) is 21.9 Å². The number of fused-ring (bicyclic) bond motifs is 1. The van der Waals surface area contributed by atoms with Crippen molar-refractivity contribution in [2.75, 3.05) is 0 Å². The molecule has 0 atom stereocenters. The molecule has 0 saturated heterocycles. The molecule has 0 saturated carbocycles. The Kier molecular flexibility index (Phi) is 3.95. The number of hydrogen-bond donors (Lipinski definition) is 1. The molecule has 4 aromatic heterocycles. The number of carbonyl (C=O) groups excluding carboxylic acids is 1. The van der Waals surface area contributed by atoms with Crippen LogP contribution in [0.25, 0.3) is 16.5 Å². The highest BCUT2D eigenvalue weighted by molar-refractivity contribution is 7.13. The lowest BCUT2D eigenvalue weighted by Gasteiger charge is -2.01. The first kappa shape index (κ1) is 15.4. The van der Waals surface area contributed by atoms with E-state index in [0.29, 0.717) is 18.1 Å². The van der Waals surface area contributed by atoms with Crippen molar-refractivity contribution in [1.82, 2.24) is 29.7 Å². The Bertz CT molecular complexity index is 1040. The van der Waals surface area contributed by atoms with Crippen LogP contribution >= 0.6 is 11.3 Å². The van der Waals surface area contributed by atoms with E-state index in [1.807, 2.05) is 41.1 Å². The van der Waals surface area contributed by atoms with Crippen LogP contribution in [-0.4, -0.2) is 30.2 Å². The number of amides is 1. The second-order valence-electron chi connectivity index (χ2n) is 5.37. The van der Waals surface area contributed by atoms with Gasteiger partial charge in [-0.15, -0.1) is 11.3 Å². The summed E-state index contributed by atoms with van der Waals surface area (Å²) in [6, 6.07) is 7.43. The second-order valence-corrected chi connectivity index (χ2v) is 6.23. The minimum absolute atomic E-state index is 0.216. The highest BCUT2D eigenvalue weighted by atomic mass is 32.1. The predicted octanol–water partition coefficient (Wildman–Crippen LogP) is 2.49. The molecule has 0 aromatic carbocycles. The van der Waals surface area contributed by atoms with Crippen molar-refractivity contribution in [2.24, 2.45) is 0 Å². The highest BCUT2D eigenvalue weighted by Gasteiger charge is 2.16. The summed E-state index contributed by atoms with van der Waals surface area (Å²) >= 11 is 1.45. The lowest BCUT2D eigenvalue weighted by atomic mass is 10.3. The van der Waals surface area contributed by atoms with Crippen LogP contribution in [0.2, 0.25) is 0 Å². The van der Waals surface area contributed by atoms with E-state index in [2.05, 4.69) is 25.3 Å². The monoisotopic (exact) mass is 350 g/mol. The van der Waals surface area contributed by atoms with E-state index in [1.54, 1.807) is 18.5 Å². The maximum Gasteiger partial charge on any atom is 0.272 e. The molecule has 0 aliphatic rings. The summed E-state index contributed by atoms with van der Waals surface area (Å²) in [4.78, 5) is 29.7. The van der Waals surface area contributed by atoms with Gasteiger partial charge < -0.3 is 9.72 Å². The van der Waals surface area contributed by atoms with E-state index in [9.17, 15) is 4.79 Å². The Morgan fingerprint density at radius 1 is 1.20 bits per heavy atom. The normalized spacial score (nSPS) is 10.9. The van der Waals surface area contributed by atoms with Gasteiger partial charge in [-0.25, -0.2) is 19.9 Å². The number of hydrogen-bond acceptors (Lipinski definition) is 6. The predicted molar refractivity (Wildman–Crippen MR) is 94.2 cm³/mol. The fourth-order valence-electron chi connectivity index (χ4n) is 2.49. The first-order chi connectivity index (χ1) is 12.2. The van der Waals surface area contributed by atoms with E-state index in [1.165, 1.54) is 11.3 Å². The number of aromatic nitrogens is 5. The molecule has 4 aromatic rings. The van der Waals surface area contributed by atoms with Crippen molar-refractivity contribution in [3.63, 3.8) is 0 Å². The van der Waals surface area contributed by atoms with E-state index < -0.39 is 0 Å². The fraction of sp³-hybridized carbons (Fsp3) is 0.118. The SMILES string of the molecule is Cc1c(C(=O)NCc2csc(-c3ncccn3)n2)nc2ccccn12. The molecule has 8 heteroatoms. The Labute approximate surface area is 147 Å². The van der Waals surface area contributed by atoms with Crippen LogP contribution in [0.15, 0.2) is 48.2 Å². The molecule has 1 N–H and O–H groups in total. The molecule has 0 bridgehead atoms. The van der Waals surface area contributed by atoms with Gasteiger partial charge in [0.2, 0.25) is 0 Å². The minimum atomic E-state index is -0.216. The fourth-order valence-corrected chi connectivity index (χ4v) is 3.25. The number of pyridine rings is 1. The molecule has 0 spiro atoms. The molecular weight excluding hydrogens is 336 g/mol. The number of nitrogens with zero attached hydrogens (tertiary/aromatic N) is 5. The van der Waals surface area contributed by atoms with Gasteiger partial charge in [0.05, 0.1) is 17.9 Å². The summed E-state index contributed by atoms with van der Waals surface area (Å²) in [5.74, 6) is 0.369. The number of aryl methyl sites for hydroxylation is 1. The van der Waals surface area contributed by atoms with Gasteiger partial charge in [0.15, 0.2) is 10.8 Å². The number of carbonyl (C=O) groups is 1. The molecule has 7 nitrogen and oxygen atoms in total. The smallest absolute Gasteiger partial charge is 0.272 e. The van der Waals surface area contributed by atoms with Crippen molar-refractivity contribution < 1.29 is 4.79 Å². The third kappa shape index (κ3) is 2.99. The molecule has 4 rings (SSSR count). The Morgan fingerprint density at radius 2 is 2.04 bits per heavy atom. The van der Waals surface area contributed by atoms with Crippen LogP contribution in [0.3, 0.4) is 0 Å².